The highest BCUT2D eigenvalue weighted by Gasteiger charge is 2.28. The van der Waals surface area contributed by atoms with Crippen LogP contribution in [-0.4, -0.2) is 42.4 Å². The third-order valence-electron chi connectivity index (χ3n) is 3.08. The summed E-state index contributed by atoms with van der Waals surface area (Å²) in [4.78, 5) is 14.0. The summed E-state index contributed by atoms with van der Waals surface area (Å²) in [5.74, 6) is 1.18. The van der Waals surface area contributed by atoms with E-state index in [4.69, 9.17) is 0 Å². The monoisotopic (exact) mass is 250 g/mol. The van der Waals surface area contributed by atoms with Crippen LogP contribution in [0.2, 0.25) is 0 Å². The van der Waals surface area contributed by atoms with Crippen LogP contribution in [0.5, 0.6) is 0 Å². The molecule has 1 aromatic carbocycles. The predicted molar refractivity (Wildman–Crippen MR) is 73.6 cm³/mol. The summed E-state index contributed by atoms with van der Waals surface area (Å²) in [7, 11) is 1.88. The largest absolute Gasteiger partial charge is 0.373 e. The molecule has 0 saturated carbocycles. The van der Waals surface area contributed by atoms with Crippen molar-refractivity contribution in [3.63, 3.8) is 0 Å². The van der Waals surface area contributed by atoms with Gasteiger partial charge in [0.25, 0.3) is 0 Å². The summed E-state index contributed by atoms with van der Waals surface area (Å²) < 4.78 is 0. The van der Waals surface area contributed by atoms with Crippen molar-refractivity contribution in [2.45, 2.75) is 12.5 Å². The highest BCUT2D eigenvalue weighted by molar-refractivity contribution is 7.98. The van der Waals surface area contributed by atoms with E-state index in [2.05, 4.69) is 17.6 Å². The van der Waals surface area contributed by atoms with Crippen LogP contribution in [0.4, 0.5) is 5.69 Å². The first-order valence-corrected chi connectivity index (χ1v) is 7.20. The lowest BCUT2D eigenvalue weighted by Crippen LogP contribution is -2.40. The molecule has 1 aliphatic heterocycles. The van der Waals surface area contributed by atoms with Crippen molar-refractivity contribution in [1.29, 1.82) is 0 Å². The molecule has 92 valence electrons. The van der Waals surface area contributed by atoms with E-state index in [0.29, 0.717) is 0 Å². The van der Waals surface area contributed by atoms with Crippen LogP contribution in [-0.2, 0) is 11.2 Å². The number of amides is 1. The number of rotatable bonds is 4. The van der Waals surface area contributed by atoms with Gasteiger partial charge in [-0.05, 0) is 17.9 Å². The molecule has 1 aliphatic rings. The summed E-state index contributed by atoms with van der Waals surface area (Å²) in [5, 5.41) is 3.29. The SMILES string of the molecule is CSCCN(C)C(=O)C1Cc2ccccc2N1. The molecule has 1 amide bonds. The summed E-state index contributed by atoms with van der Waals surface area (Å²) in [6.07, 6.45) is 2.86. The second-order valence-electron chi connectivity index (χ2n) is 4.31. The van der Waals surface area contributed by atoms with E-state index in [9.17, 15) is 4.79 Å². The highest BCUT2D eigenvalue weighted by atomic mass is 32.2. The van der Waals surface area contributed by atoms with Crippen molar-refractivity contribution in [2.75, 3.05) is 30.9 Å². The number of nitrogens with one attached hydrogen (secondary N) is 1. The molecular formula is C13H18N2OS. The van der Waals surface area contributed by atoms with Crippen LogP contribution >= 0.6 is 11.8 Å². The third kappa shape index (κ3) is 2.75. The maximum Gasteiger partial charge on any atom is 0.245 e. The minimum Gasteiger partial charge on any atom is -0.373 e. The van der Waals surface area contributed by atoms with Gasteiger partial charge in [0.05, 0.1) is 0 Å². The fourth-order valence-corrected chi connectivity index (χ4v) is 2.51. The Bertz CT molecular complexity index is 383. The van der Waals surface area contributed by atoms with Crippen LogP contribution in [0.25, 0.3) is 0 Å². The van der Waals surface area contributed by atoms with E-state index in [0.717, 1.165) is 24.4 Å². The fraction of sp³-hybridized carbons (Fsp3) is 0.462. The molecule has 0 saturated heterocycles. The molecule has 0 aliphatic carbocycles. The Morgan fingerprint density at radius 2 is 2.29 bits per heavy atom. The number of hydrogen-bond acceptors (Lipinski definition) is 3. The molecule has 1 N–H and O–H groups in total. The molecular weight excluding hydrogens is 232 g/mol. The predicted octanol–water partition coefficient (Wildman–Crippen LogP) is 1.84. The zero-order chi connectivity index (χ0) is 12.3. The molecule has 17 heavy (non-hydrogen) atoms. The van der Waals surface area contributed by atoms with E-state index >= 15 is 0 Å². The molecule has 0 aromatic heterocycles. The number of thioether (sulfide) groups is 1. The molecule has 2 rings (SSSR count). The standard InChI is InChI=1S/C13H18N2OS/c1-15(7-8-17-2)13(16)12-9-10-5-3-4-6-11(10)14-12/h3-6,12,14H,7-9H2,1-2H3. The quantitative estimate of drug-likeness (QED) is 0.885. The second-order valence-corrected chi connectivity index (χ2v) is 5.30. The fourth-order valence-electron chi connectivity index (χ4n) is 2.05. The Labute approximate surface area is 107 Å². The number of carbonyl (C=O) groups is 1. The number of anilines is 1. The first-order chi connectivity index (χ1) is 8.22. The van der Waals surface area contributed by atoms with Gasteiger partial charge in [0.2, 0.25) is 5.91 Å². The van der Waals surface area contributed by atoms with Gasteiger partial charge in [-0.1, -0.05) is 18.2 Å². The Kier molecular flexibility index (Phi) is 3.94. The van der Waals surface area contributed by atoms with Crippen molar-refractivity contribution in [1.82, 2.24) is 4.90 Å². The molecule has 1 aromatic rings. The van der Waals surface area contributed by atoms with Gasteiger partial charge >= 0.3 is 0 Å². The van der Waals surface area contributed by atoms with Crippen LogP contribution in [0, 0.1) is 0 Å². The van der Waals surface area contributed by atoms with Crippen LogP contribution in [0.1, 0.15) is 5.56 Å². The van der Waals surface area contributed by atoms with Gasteiger partial charge in [-0.15, -0.1) is 0 Å². The second kappa shape index (κ2) is 5.45. The normalized spacial score (nSPS) is 17.4. The van der Waals surface area contributed by atoms with Crippen molar-refractivity contribution in [2.24, 2.45) is 0 Å². The minimum atomic E-state index is -0.0840. The first kappa shape index (κ1) is 12.3. The Balaban J connectivity index is 1.96. The average molecular weight is 250 g/mol. The van der Waals surface area contributed by atoms with Crippen molar-refractivity contribution in [3.8, 4) is 0 Å². The van der Waals surface area contributed by atoms with Gasteiger partial charge in [-0.3, -0.25) is 4.79 Å². The average Bonchev–Trinajstić information content (AvgIpc) is 2.78. The van der Waals surface area contributed by atoms with Crippen molar-refractivity contribution in [3.05, 3.63) is 29.8 Å². The Hall–Kier alpha value is -1.16. The van der Waals surface area contributed by atoms with E-state index in [1.807, 2.05) is 30.1 Å². The lowest BCUT2D eigenvalue weighted by Gasteiger charge is -2.21. The molecule has 1 heterocycles. The zero-order valence-corrected chi connectivity index (χ0v) is 11.1. The van der Waals surface area contributed by atoms with Gasteiger partial charge in [0, 0.05) is 31.5 Å². The Morgan fingerprint density at radius 3 is 3.00 bits per heavy atom. The number of hydrogen-bond donors (Lipinski definition) is 1. The van der Waals surface area contributed by atoms with Crippen molar-refractivity contribution >= 4 is 23.4 Å². The van der Waals surface area contributed by atoms with Crippen LogP contribution in [0.15, 0.2) is 24.3 Å². The van der Waals surface area contributed by atoms with Crippen molar-refractivity contribution < 1.29 is 4.79 Å². The molecule has 0 bridgehead atoms. The smallest absolute Gasteiger partial charge is 0.245 e. The van der Waals surface area contributed by atoms with Gasteiger partial charge in [0.1, 0.15) is 6.04 Å². The number of para-hydroxylation sites is 1. The van der Waals surface area contributed by atoms with Crippen LogP contribution < -0.4 is 5.32 Å². The number of nitrogens with zero attached hydrogens (tertiary/aromatic N) is 1. The topological polar surface area (TPSA) is 32.3 Å². The summed E-state index contributed by atoms with van der Waals surface area (Å²) >= 11 is 1.76. The maximum atomic E-state index is 12.2. The van der Waals surface area contributed by atoms with E-state index in [-0.39, 0.29) is 11.9 Å². The molecule has 3 nitrogen and oxygen atoms in total. The highest BCUT2D eigenvalue weighted by Crippen LogP contribution is 2.25. The number of benzene rings is 1. The number of carbonyl (C=O) groups excluding carboxylic acids is 1. The lowest BCUT2D eigenvalue weighted by atomic mass is 10.1. The zero-order valence-electron chi connectivity index (χ0n) is 10.3. The van der Waals surface area contributed by atoms with Gasteiger partial charge in [0.15, 0.2) is 0 Å². The molecule has 0 radical (unpaired) electrons. The van der Waals surface area contributed by atoms with Gasteiger partial charge in [-0.2, -0.15) is 11.8 Å². The number of likely N-dealkylation sites (N-methyl/N-ethyl adjacent to an activating group) is 1. The summed E-state index contributed by atoms with van der Waals surface area (Å²) in [6.45, 7) is 0.814. The molecule has 0 fully saturated rings. The third-order valence-corrected chi connectivity index (χ3v) is 3.67. The summed E-state index contributed by atoms with van der Waals surface area (Å²) in [6, 6.07) is 8.04. The Morgan fingerprint density at radius 1 is 1.53 bits per heavy atom. The molecule has 1 atom stereocenters. The molecule has 0 spiro atoms. The maximum absolute atomic E-state index is 12.2. The lowest BCUT2D eigenvalue weighted by molar-refractivity contribution is -0.130. The summed E-state index contributed by atoms with van der Waals surface area (Å²) in [5.41, 5.74) is 2.34. The first-order valence-electron chi connectivity index (χ1n) is 5.80. The van der Waals surface area contributed by atoms with Gasteiger partial charge < -0.3 is 10.2 Å². The molecule has 4 heteroatoms. The van der Waals surface area contributed by atoms with E-state index in [1.165, 1.54) is 5.56 Å². The van der Waals surface area contributed by atoms with E-state index < -0.39 is 0 Å². The van der Waals surface area contributed by atoms with Crippen LogP contribution in [0.3, 0.4) is 0 Å². The molecule has 1 unspecified atom stereocenters. The number of fused-ring (bicyclic) bond motifs is 1. The minimum absolute atomic E-state index is 0.0840. The van der Waals surface area contributed by atoms with Gasteiger partial charge in [-0.25, -0.2) is 0 Å². The van der Waals surface area contributed by atoms with E-state index in [1.54, 1.807) is 11.8 Å².